The van der Waals surface area contributed by atoms with Gasteiger partial charge in [-0.05, 0) is 48.9 Å². The predicted molar refractivity (Wildman–Crippen MR) is 101 cm³/mol. The molecular formula is C19H21NO5S. The van der Waals surface area contributed by atoms with Crippen LogP contribution in [0.2, 0.25) is 0 Å². The Balaban J connectivity index is 2.04. The van der Waals surface area contributed by atoms with E-state index in [2.05, 4.69) is 6.58 Å². The first-order chi connectivity index (χ1) is 12.4. The highest BCUT2D eigenvalue weighted by Crippen LogP contribution is 2.32. The summed E-state index contributed by atoms with van der Waals surface area (Å²) in [4.78, 5) is 37.4. The molecule has 1 atom stereocenters. The zero-order valence-corrected chi connectivity index (χ0v) is 15.6. The lowest BCUT2D eigenvalue weighted by molar-refractivity contribution is -0.150. The first-order valence-electron chi connectivity index (χ1n) is 8.23. The van der Waals surface area contributed by atoms with Crippen molar-refractivity contribution in [2.24, 2.45) is 0 Å². The van der Waals surface area contributed by atoms with Crippen molar-refractivity contribution in [3.63, 3.8) is 0 Å². The highest BCUT2D eigenvalue weighted by Gasteiger charge is 2.36. The third-order valence-corrected chi connectivity index (χ3v) is 4.52. The monoisotopic (exact) mass is 375 g/mol. The van der Waals surface area contributed by atoms with Crippen LogP contribution in [0.15, 0.2) is 41.8 Å². The largest absolute Gasteiger partial charge is 0.490 e. The van der Waals surface area contributed by atoms with E-state index in [4.69, 9.17) is 9.47 Å². The van der Waals surface area contributed by atoms with Gasteiger partial charge in [0.25, 0.3) is 11.1 Å². The fraction of sp³-hybridized carbons (Fsp3) is 0.316. The van der Waals surface area contributed by atoms with Gasteiger partial charge in [0, 0.05) is 0 Å². The average Bonchev–Trinajstić information content (AvgIpc) is 2.88. The van der Waals surface area contributed by atoms with Gasteiger partial charge in [-0.2, -0.15) is 0 Å². The van der Waals surface area contributed by atoms with Crippen LogP contribution in [0.4, 0.5) is 4.79 Å². The lowest BCUT2D eigenvalue weighted by Gasteiger charge is -2.14. The van der Waals surface area contributed by atoms with Crippen molar-refractivity contribution in [2.75, 3.05) is 13.2 Å². The molecule has 2 amide bonds. The molecule has 7 heteroatoms. The number of hydrogen-bond acceptors (Lipinski definition) is 6. The number of nitrogens with zero attached hydrogens (tertiary/aromatic N) is 1. The molecule has 1 saturated heterocycles. The van der Waals surface area contributed by atoms with Gasteiger partial charge in [-0.1, -0.05) is 31.7 Å². The van der Waals surface area contributed by atoms with Gasteiger partial charge >= 0.3 is 5.97 Å². The van der Waals surface area contributed by atoms with Crippen molar-refractivity contribution in [3.05, 3.63) is 47.4 Å². The number of thioether (sulfide) groups is 1. The molecule has 0 aromatic heterocycles. The van der Waals surface area contributed by atoms with Crippen LogP contribution in [0, 0.1) is 0 Å². The first kappa shape index (κ1) is 19.8. The van der Waals surface area contributed by atoms with E-state index in [1.165, 1.54) is 0 Å². The van der Waals surface area contributed by atoms with E-state index >= 15 is 0 Å². The van der Waals surface area contributed by atoms with Crippen molar-refractivity contribution >= 4 is 35.0 Å². The van der Waals surface area contributed by atoms with Crippen LogP contribution in [0.25, 0.3) is 6.08 Å². The van der Waals surface area contributed by atoms with Gasteiger partial charge in [-0.25, -0.2) is 0 Å². The Labute approximate surface area is 156 Å². The summed E-state index contributed by atoms with van der Waals surface area (Å²) in [5, 5.41) is -0.478. The zero-order valence-electron chi connectivity index (χ0n) is 14.8. The molecule has 138 valence electrons. The van der Waals surface area contributed by atoms with Gasteiger partial charge in [0.1, 0.15) is 18.9 Å². The zero-order chi connectivity index (χ0) is 19.1. The Bertz CT molecular complexity index is 726. The van der Waals surface area contributed by atoms with Crippen molar-refractivity contribution in [1.82, 2.24) is 4.90 Å². The molecule has 1 fully saturated rings. The Hall–Kier alpha value is -2.54. The van der Waals surface area contributed by atoms with Crippen LogP contribution in [-0.2, 0) is 14.3 Å². The maximum atomic E-state index is 12.4. The molecule has 0 radical (unpaired) electrons. The van der Waals surface area contributed by atoms with Crippen molar-refractivity contribution in [1.29, 1.82) is 0 Å². The summed E-state index contributed by atoms with van der Waals surface area (Å²) >= 11 is 0.808. The molecule has 1 aromatic rings. The van der Waals surface area contributed by atoms with Gasteiger partial charge in [0.05, 0.1) is 11.0 Å². The molecule has 0 aliphatic carbocycles. The summed E-state index contributed by atoms with van der Waals surface area (Å²) < 4.78 is 10.5. The molecule has 0 N–H and O–H groups in total. The van der Waals surface area contributed by atoms with E-state index in [0.717, 1.165) is 22.2 Å². The van der Waals surface area contributed by atoms with E-state index in [1.807, 2.05) is 6.92 Å². The smallest absolute Gasteiger partial charge is 0.326 e. The van der Waals surface area contributed by atoms with E-state index in [1.54, 1.807) is 43.3 Å². The van der Waals surface area contributed by atoms with Crippen molar-refractivity contribution in [3.8, 4) is 5.75 Å². The topological polar surface area (TPSA) is 72.9 Å². The second-order valence-corrected chi connectivity index (χ2v) is 6.64. The van der Waals surface area contributed by atoms with Crippen molar-refractivity contribution < 1.29 is 23.9 Å². The van der Waals surface area contributed by atoms with E-state index in [-0.39, 0.29) is 17.6 Å². The van der Waals surface area contributed by atoms with Crippen LogP contribution in [0.1, 0.15) is 25.8 Å². The Kier molecular flexibility index (Phi) is 7.03. The number of amides is 2. The maximum Gasteiger partial charge on any atom is 0.326 e. The van der Waals surface area contributed by atoms with Crippen molar-refractivity contribution in [2.45, 2.75) is 26.4 Å². The molecule has 2 rings (SSSR count). The molecule has 26 heavy (non-hydrogen) atoms. The number of hydrogen-bond donors (Lipinski definition) is 0. The lowest BCUT2D eigenvalue weighted by atomic mass is 10.2. The number of carbonyl (C=O) groups is 3. The summed E-state index contributed by atoms with van der Waals surface area (Å²) in [5.41, 5.74) is 0.753. The Morgan fingerprint density at radius 1 is 1.31 bits per heavy atom. The van der Waals surface area contributed by atoms with Gasteiger partial charge in [-0.15, -0.1) is 0 Å². The van der Waals surface area contributed by atoms with Gasteiger partial charge in [0.15, 0.2) is 0 Å². The summed E-state index contributed by atoms with van der Waals surface area (Å²) in [6.45, 7) is 7.26. The second kappa shape index (κ2) is 9.24. The summed E-state index contributed by atoms with van der Waals surface area (Å²) in [5.74, 6) is -0.400. The lowest BCUT2D eigenvalue weighted by Crippen LogP contribution is -2.35. The van der Waals surface area contributed by atoms with Gasteiger partial charge in [-0.3, -0.25) is 19.3 Å². The summed E-state index contributed by atoms with van der Waals surface area (Å²) in [6.07, 6.45) is 3.68. The number of imide groups is 1. The van der Waals surface area contributed by atoms with Crippen LogP contribution in [0.5, 0.6) is 5.75 Å². The highest BCUT2D eigenvalue weighted by atomic mass is 32.2. The molecule has 0 bridgehead atoms. The normalized spacial score (nSPS) is 16.7. The highest BCUT2D eigenvalue weighted by molar-refractivity contribution is 8.18. The fourth-order valence-electron chi connectivity index (χ4n) is 2.08. The molecule has 1 heterocycles. The summed E-state index contributed by atoms with van der Waals surface area (Å²) in [7, 11) is 0. The maximum absolute atomic E-state index is 12.4. The average molecular weight is 375 g/mol. The number of esters is 1. The molecule has 0 spiro atoms. The minimum absolute atomic E-state index is 0.250. The molecule has 0 unspecified atom stereocenters. The number of benzene rings is 1. The predicted octanol–water partition coefficient (Wildman–Crippen LogP) is 3.63. The van der Waals surface area contributed by atoms with Crippen LogP contribution in [-0.4, -0.2) is 41.3 Å². The first-order valence-corrected chi connectivity index (χ1v) is 9.04. The third-order valence-electron chi connectivity index (χ3n) is 3.61. The molecule has 0 saturated carbocycles. The number of rotatable bonds is 8. The number of ether oxygens (including phenoxy) is 2. The SMILES string of the molecule is C=CCOc1ccc(/C=C2/SC(=O)N(CC(=O)O[C@@H](C)CC)C2=O)cc1. The standard InChI is InChI=1S/C19H21NO5S/c1-4-10-24-15-8-6-14(7-9-15)11-16-18(22)20(19(23)26-16)12-17(21)25-13(3)5-2/h4,6-9,11,13H,1,5,10,12H2,2-3H3/b16-11+/t13-/m0/s1. The third kappa shape index (κ3) is 5.23. The van der Waals surface area contributed by atoms with Crippen LogP contribution >= 0.6 is 11.8 Å². The van der Waals surface area contributed by atoms with Gasteiger partial charge in [0.2, 0.25) is 0 Å². The minimum atomic E-state index is -0.591. The van der Waals surface area contributed by atoms with E-state index in [9.17, 15) is 14.4 Å². The fourth-order valence-corrected chi connectivity index (χ4v) is 2.92. The Morgan fingerprint density at radius 3 is 2.62 bits per heavy atom. The molecule has 1 aliphatic heterocycles. The minimum Gasteiger partial charge on any atom is -0.490 e. The second-order valence-electron chi connectivity index (χ2n) is 5.65. The summed E-state index contributed by atoms with van der Waals surface area (Å²) in [6, 6.07) is 7.10. The molecular weight excluding hydrogens is 354 g/mol. The van der Waals surface area contributed by atoms with E-state index in [0.29, 0.717) is 18.8 Å². The van der Waals surface area contributed by atoms with Gasteiger partial charge < -0.3 is 9.47 Å². The van der Waals surface area contributed by atoms with Crippen LogP contribution in [0.3, 0.4) is 0 Å². The quantitative estimate of drug-likeness (QED) is 0.392. The molecule has 1 aliphatic rings. The molecule has 1 aromatic carbocycles. The number of carbonyl (C=O) groups excluding carboxylic acids is 3. The van der Waals surface area contributed by atoms with Crippen LogP contribution < -0.4 is 4.74 Å². The van der Waals surface area contributed by atoms with E-state index < -0.39 is 17.1 Å². The Morgan fingerprint density at radius 2 is 2.00 bits per heavy atom. The molecule has 6 nitrogen and oxygen atoms in total.